The van der Waals surface area contributed by atoms with Crippen LogP contribution in [0.1, 0.15) is 66.2 Å². The first-order valence-corrected chi connectivity index (χ1v) is 10.5. The summed E-state index contributed by atoms with van der Waals surface area (Å²) in [5.41, 5.74) is 0.431. The van der Waals surface area contributed by atoms with Crippen LogP contribution < -0.4 is 0 Å². The van der Waals surface area contributed by atoms with Crippen LogP contribution in [-0.4, -0.2) is 63.5 Å². The average Bonchev–Trinajstić information content (AvgIpc) is 3.05. The first-order chi connectivity index (χ1) is 12.4. The van der Waals surface area contributed by atoms with Gasteiger partial charge in [0.25, 0.3) is 0 Å². The van der Waals surface area contributed by atoms with E-state index in [9.17, 15) is 0 Å². The third kappa shape index (κ3) is 5.65. The Bertz CT molecular complexity index is 403. The van der Waals surface area contributed by atoms with Crippen LogP contribution >= 0.6 is 0 Å². The molecule has 1 atom stereocenters. The maximum atomic E-state index is 6.43. The van der Waals surface area contributed by atoms with Gasteiger partial charge in [0, 0.05) is 40.2 Å². The predicted molar refractivity (Wildman–Crippen MR) is 104 cm³/mol. The Morgan fingerprint density at radius 2 is 1.81 bits per heavy atom. The highest BCUT2D eigenvalue weighted by Gasteiger charge is 2.46. The molecule has 0 amide bonds. The zero-order chi connectivity index (χ0) is 19.2. The van der Waals surface area contributed by atoms with E-state index in [-0.39, 0.29) is 18.2 Å². The van der Waals surface area contributed by atoms with E-state index in [1.807, 2.05) is 0 Å². The Kier molecular flexibility index (Phi) is 8.35. The number of methoxy groups -OCH3 is 2. The molecule has 1 spiro atoms. The van der Waals surface area contributed by atoms with Gasteiger partial charge >= 0.3 is 0 Å². The lowest BCUT2D eigenvalue weighted by Gasteiger charge is -2.42. The van der Waals surface area contributed by atoms with E-state index in [2.05, 4.69) is 32.6 Å². The van der Waals surface area contributed by atoms with Crippen molar-refractivity contribution in [2.24, 2.45) is 11.3 Å². The van der Waals surface area contributed by atoms with Crippen molar-refractivity contribution in [1.82, 2.24) is 4.90 Å². The van der Waals surface area contributed by atoms with Gasteiger partial charge in [0.15, 0.2) is 12.1 Å². The first-order valence-electron chi connectivity index (χ1n) is 10.5. The number of rotatable bonds is 10. The summed E-state index contributed by atoms with van der Waals surface area (Å²) in [5.74, 6) is 0.490. The molecule has 1 unspecified atom stereocenters. The zero-order valence-electron chi connectivity index (χ0n) is 17.9. The molecule has 0 aromatic heterocycles. The number of ether oxygens (including phenoxy) is 4. The van der Waals surface area contributed by atoms with Crippen molar-refractivity contribution in [2.45, 2.75) is 84.4 Å². The lowest BCUT2D eigenvalue weighted by atomic mass is 9.68. The van der Waals surface area contributed by atoms with E-state index in [1.54, 1.807) is 14.2 Å². The molecule has 2 fully saturated rings. The smallest absolute Gasteiger partial charge is 0.169 e. The summed E-state index contributed by atoms with van der Waals surface area (Å²) in [6.45, 7) is 12.8. The van der Waals surface area contributed by atoms with Gasteiger partial charge in [-0.25, -0.2) is 0 Å². The van der Waals surface area contributed by atoms with Gasteiger partial charge in [0.05, 0.1) is 12.7 Å². The van der Waals surface area contributed by atoms with Crippen LogP contribution in [0.25, 0.3) is 0 Å². The Morgan fingerprint density at radius 3 is 2.35 bits per heavy atom. The molecule has 1 heterocycles. The van der Waals surface area contributed by atoms with E-state index in [0.29, 0.717) is 5.41 Å². The topological polar surface area (TPSA) is 40.2 Å². The summed E-state index contributed by atoms with van der Waals surface area (Å²) in [7, 11) is 3.38. The van der Waals surface area contributed by atoms with Gasteiger partial charge in [-0.15, -0.1) is 0 Å². The molecular formula is C21H41NO4. The number of likely N-dealkylation sites (N-methyl/N-ethyl adjacent to an activating group) is 1. The number of hydrogen-bond acceptors (Lipinski definition) is 5. The van der Waals surface area contributed by atoms with Crippen LogP contribution in [0, 0.1) is 11.3 Å². The fourth-order valence-electron chi connectivity index (χ4n) is 4.31. The summed E-state index contributed by atoms with van der Waals surface area (Å²) in [4.78, 5) is 2.35. The Hall–Kier alpha value is -0.200. The van der Waals surface area contributed by atoms with Gasteiger partial charge < -0.3 is 18.9 Å². The molecule has 1 aliphatic carbocycles. The summed E-state index contributed by atoms with van der Waals surface area (Å²) in [5, 5.41) is 0. The second-order valence-corrected chi connectivity index (χ2v) is 8.66. The molecular weight excluding hydrogens is 330 g/mol. The summed E-state index contributed by atoms with van der Waals surface area (Å²) < 4.78 is 23.3. The summed E-state index contributed by atoms with van der Waals surface area (Å²) in [6, 6.07) is 0. The second-order valence-electron chi connectivity index (χ2n) is 8.66. The Morgan fingerprint density at radius 1 is 1.15 bits per heavy atom. The quantitative estimate of drug-likeness (QED) is 0.542. The minimum absolute atomic E-state index is 0.167. The molecule has 1 aliphatic heterocycles. The zero-order valence-corrected chi connectivity index (χ0v) is 17.9. The average molecular weight is 372 g/mol. The molecule has 26 heavy (non-hydrogen) atoms. The van der Waals surface area contributed by atoms with Crippen molar-refractivity contribution in [3.8, 4) is 0 Å². The van der Waals surface area contributed by atoms with Gasteiger partial charge in [-0.1, -0.05) is 34.1 Å². The third-order valence-corrected chi connectivity index (χ3v) is 6.83. The summed E-state index contributed by atoms with van der Waals surface area (Å²) in [6.07, 6.45) is 6.82. The maximum absolute atomic E-state index is 6.43. The van der Waals surface area contributed by atoms with Crippen LogP contribution in [0.4, 0.5) is 0 Å². The molecule has 154 valence electrons. The van der Waals surface area contributed by atoms with E-state index < -0.39 is 0 Å². The fraction of sp³-hybridized carbons (Fsp3) is 1.00. The largest absolute Gasteiger partial charge is 0.355 e. The molecule has 2 aliphatic rings. The number of nitrogens with zero attached hydrogens (tertiary/aromatic N) is 1. The minimum atomic E-state index is -0.302. The molecule has 1 saturated heterocycles. The molecule has 5 heteroatoms. The van der Waals surface area contributed by atoms with Crippen molar-refractivity contribution < 1.29 is 18.9 Å². The molecule has 2 rings (SSSR count). The van der Waals surface area contributed by atoms with Gasteiger partial charge in [-0.3, -0.25) is 4.90 Å². The molecule has 0 N–H and O–H groups in total. The van der Waals surface area contributed by atoms with Gasteiger partial charge in [-0.2, -0.15) is 0 Å². The molecule has 5 nitrogen and oxygen atoms in total. The highest BCUT2D eigenvalue weighted by molar-refractivity contribution is 4.89. The maximum Gasteiger partial charge on any atom is 0.169 e. The van der Waals surface area contributed by atoms with E-state index in [1.165, 1.54) is 19.3 Å². The van der Waals surface area contributed by atoms with Crippen molar-refractivity contribution in [3.05, 3.63) is 0 Å². The van der Waals surface area contributed by atoms with Crippen LogP contribution in [0.2, 0.25) is 0 Å². The Labute approximate surface area is 160 Å². The van der Waals surface area contributed by atoms with Gasteiger partial charge in [0.1, 0.15) is 0 Å². The first kappa shape index (κ1) is 22.1. The molecule has 0 aromatic rings. The van der Waals surface area contributed by atoms with Crippen molar-refractivity contribution in [3.63, 3.8) is 0 Å². The van der Waals surface area contributed by atoms with Crippen molar-refractivity contribution in [1.29, 1.82) is 0 Å². The molecule has 0 bridgehead atoms. The minimum Gasteiger partial charge on any atom is -0.355 e. The highest BCUT2D eigenvalue weighted by atomic mass is 16.7. The monoisotopic (exact) mass is 371 g/mol. The van der Waals surface area contributed by atoms with Crippen LogP contribution in [-0.2, 0) is 18.9 Å². The van der Waals surface area contributed by atoms with E-state index in [4.69, 9.17) is 18.9 Å². The standard InChI is InChI=1S/C21H41NO4/c1-7-20(3,4)17-9-12-21(13-10-17)25-16-18(26-21)11-14-22(8-2)15-19(23-5)24-6/h17-19H,7-16H2,1-6H3. The summed E-state index contributed by atoms with van der Waals surface area (Å²) >= 11 is 0. The fourth-order valence-corrected chi connectivity index (χ4v) is 4.31. The molecule has 1 saturated carbocycles. The molecule has 0 radical (unpaired) electrons. The normalized spacial score (nSPS) is 30.0. The molecule has 0 aromatic carbocycles. The van der Waals surface area contributed by atoms with Crippen molar-refractivity contribution in [2.75, 3.05) is 40.5 Å². The van der Waals surface area contributed by atoms with Crippen LogP contribution in [0.3, 0.4) is 0 Å². The lowest BCUT2D eigenvalue weighted by molar-refractivity contribution is -0.197. The highest BCUT2D eigenvalue weighted by Crippen LogP contribution is 2.47. The number of hydrogen-bond donors (Lipinski definition) is 0. The van der Waals surface area contributed by atoms with E-state index in [0.717, 1.165) is 51.4 Å². The third-order valence-electron chi connectivity index (χ3n) is 6.83. The Balaban J connectivity index is 1.76. The van der Waals surface area contributed by atoms with Crippen molar-refractivity contribution >= 4 is 0 Å². The van der Waals surface area contributed by atoms with E-state index >= 15 is 0 Å². The van der Waals surface area contributed by atoms with Crippen LogP contribution in [0.5, 0.6) is 0 Å². The lowest BCUT2D eigenvalue weighted by Crippen LogP contribution is -2.40. The SMILES string of the molecule is CCN(CCC1COC2(CCC(C(C)(C)CC)CC2)O1)CC(OC)OC. The van der Waals surface area contributed by atoms with Crippen LogP contribution in [0.15, 0.2) is 0 Å². The predicted octanol–water partition coefficient (Wildman–Crippen LogP) is 4.06. The second kappa shape index (κ2) is 9.83. The van der Waals surface area contributed by atoms with Gasteiger partial charge in [-0.05, 0) is 37.1 Å². The van der Waals surface area contributed by atoms with Gasteiger partial charge in [0.2, 0.25) is 0 Å².